The second-order valence-electron chi connectivity index (χ2n) is 4.90. The van der Waals surface area contributed by atoms with Crippen molar-refractivity contribution in [1.29, 1.82) is 0 Å². The lowest BCUT2D eigenvalue weighted by atomic mass is 9.98. The van der Waals surface area contributed by atoms with Gasteiger partial charge in [0, 0.05) is 12.6 Å². The third-order valence-electron chi connectivity index (χ3n) is 3.63. The number of hydrogen-bond donors (Lipinski definition) is 0. The van der Waals surface area contributed by atoms with Gasteiger partial charge in [-0.3, -0.25) is 9.59 Å². The maximum absolute atomic E-state index is 12.4. The van der Waals surface area contributed by atoms with Crippen molar-refractivity contribution in [2.75, 3.05) is 33.5 Å². The average Bonchev–Trinajstić information content (AvgIpc) is 2.48. The van der Waals surface area contributed by atoms with Gasteiger partial charge in [0.25, 0.3) is 5.91 Å². The Morgan fingerprint density at radius 2 is 2.16 bits per heavy atom. The predicted octanol–water partition coefficient (Wildman–Crippen LogP) is 0.346. The zero-order chi connectivity index (χ0) is 13.7. The van der Waals surface area contributed by atoms with Crippen molar-refractivity contribution in [1.82, 2.24) is 4.90 Å². The smallest absolute Gasteiger partial charge is 0.307 e. The first-order valence-electron chi connectivity index (χ1n) is 6.79. The molecule has 108 valence electrons. The summed E-state index contributed by atoms with van der Waals surface area (Å²) in [6.45, 7) is 1.97. The molecule has 0 radical (unpaired) electrons. The summed E-state index contributed by atoms with van der Waals surface area (Å²) in [5, 5.41) is 0. The molecule has 0 aliphatic carbocycles. The number of rotatable bonds is 3. The largest absolute Gasteiger partial charge is 0.469 e. The fourth-order valence-corrected chi connectivity index (χ4v) is 2.59. The number of amides is 1. The number of piperidine rings is 1. The SMILES string of the molecule is COC(=O)CC1CCCCN1C(=O)C1COCCO1. The summed E-state index contributed by atoms with van der Waals surface area (Å²) in [6.07, 6.45) is 2.58. The maximum atomic E-state index is 12.4. The van der Waals surface area contributed by atoms with Crippen LogP contribution in [0.3, 0.4) is 0 Å². The molecule has 0 spiro atoms. The molecule has 0 aromatic rings. The third kappa shape index (κ3) is 3.67. The normalized spacial score (nSPS) is 27.9. The molecule has 0 N–H and O–H groups in total. The summed E-state index contributed by atoms with van der Waals surface area (Å²) in [7, 11) is 1.37. The second-order valence-corrected chi connectivity index (χ2v) is 4.90. The first-order chi connectivity index (χ1) is 9.22. The summed E-state index contributed by atoms with van der Waals surface area (Å²) < 4.78 is 15.4. The minimum atomic E-state index is -0.521. The Labute approximate surface area is 113 Å². The first kappa shape index (κ1) is 14.3. The molecule has 6 nitrogen and oxygen atoms in total. The number of likely N-dealkylation sites (tertiary alicyclic amines) is 1. The van der Waals surface area contributed by atoms with Crippen molar-refractivity contribution in [2.45, 2.75) is 37.8 Å². The zero-order valence-electron chi connectivity index (χ0n) is 11.3. The molecule has 2 saturated heterocycles. The molecule has 2 rings (SSSR count). The molecule has 2 heterocycles. The van der Waals surface area contributed by atoms with E-state index in [4.69, 9.17) is 14.2 Å². The Hall–Kier alpha value is -1.14. The predicted molar refractivity (Wildman–Crippen MR) is 66.5 cm³/mol. The van der Waals surface area contributed by atoms with E-state index in [2.05, 4.69) is 0 Å². The highest BCUT2D eigenvalue weighted by Crippen LogP contribution is 2.22. The number of ether oxygens (including phenoxy) is 3. The summed E-state index contributed by atoms with van der Waals surface area (Å²) in [5.74, 6) is -0.334. The lowest BCUT2D eigenvalue weighted by Crippen LogP contribution is -2.51. The van der Waals surface area contributed by atoms with Gasteiger partial charge in [0.15, 0.2) is 6.10 Å². The highest BCUT2D eigenvalue weighted by Gasteiger charge is 2.34. The molecule has 6 heteroatoms. The molecule has 19 heavy (non-hydrogen) atoms. The number of nitrogens with zero attached hydrogens (tertiary/aromatic N) is 1. The molecule has 1 amide bonds. The fraction of sp³-hybridized carbons (Fsp3) is 0.846. The van der Waals surface area contributed by atoms with E-state index < -0.39 is 6.10 Å². The molecule has 0 saturated carbocycles. The van der Waals surface area contributed by atoms with E-state index in [9.17, 15) is 9.59 Å². The van der Waals surface area contributed by atoms with E-state index in [0.29, 0.717) is 26.4 Å². The minimum Gasteiger partial charge on any atom is -0.469 e. The molecule has 2 atom stereocenters. The van der Waals surface area contributed by atoms with Crippen LogP contribution in [0.15, 0.2) is 0 Å². The molecule has 2 unspecified atom stereocenters. The first-order valence-corrected chi connectivity index (χ1v) is 6.79. The van der Waals surface area contributed by atoms with Crippen LogP contribution in [-0.4, -0.2) is 62.4 Å². The molecule has 2 aliphatic rings. The van der Waals surface area contributed by atoms with Crippen LogP contribution in [0.1, 0.15) is 25.7 Å². The average molecular weight is 271 g/mol. The number of hydrogen-bond acceptors (Lipinski definition) is 5. The summed E-state index contributed by atoms with van der Waals surface area (Å²) in [6, 6.07) is -0.0702. The topological polar surface area (TPSA) is 65.1 Å². The van der Waals surface area contributed by atoms with Crippen LogP contribution in [-0.2, 0) is 23.8 Å². The van der Waals surface area contributed by atoms with Gasteiger partial charge in [-0.15, -0.1) is 0 Å². The van der Waals surface area contributed by atoms with E-state index in [1.807, 2.05) is 0 Å². The Kier molecular flexibility index (Phi) is 5.15. The quantitative estimate of drug-likeness (QED) is 0.693. The lowest BCUT2D eigenvalue weighted by Gasteiger charge is -2.37. The highest BCUT2D eigenvalue weighted by molar-refractivity contribution is 5.82. The van der Waals surface area contributed by atoms with E-state index in [1.165, 1.54) is 7.11 Å². The zero-order valence-corrected chi connectivity index (χ0v) is 11.3. The van der Waals surface area contributed by atoms with Gasteiger partial charge in [0.1, 0.15) is 0 Å². The number of carbonyl (C=O) groups is 2. The van der Waals surface area contributed by atoms with E-state index in [-0.39, 0.29) is 24.3 Å². The van der Waals surface area contributed by atoms with Crippen LogP contribution in [0.4, 0.5) is 0 Å². The maximum Gasteiger partial charge on any atom is 0.307 e. The molecule has 0 aromatic carbocycles. The molecular weight excluding hydrogens is 250 g/mol. The molecule has 0 aromatic heterocycles. The van der Waals surface area contributed by atoms with Gasteiger partial charge in [0.05, 0.1) is 33.4 Å². The molecule has 2 fully saturated rings. The van der Waals surface area contributed by atoms with Crippen molar-refractivity contribution in [3.63, 3.8) is 0 Å². The number of esters is 1. The van der Waals surface area contributed by atoms with Crippen molar-refractivity contribution in [3.8, 4) is 0 Å². The minimum absolute atomic E-state index is 0.0618. The van der Waals surface area contributed by atoms with Gasteiger partial charge in [-0.05, 0) is 19.3 Å². The Morgan fingerprint density at radius 1 is 1.32 bits per heavy atom. The summed E-state index contributed by atoms with van der Waals surface area (Å²) in [5.41, 5.74) is 0. The monoisotopic (exact) mass is 271 g/mol. The lowest BCUT2D eigenvalue weighted by molar-refractivity contribution is -0.162. The number of methoxy groups -OCH3 is 1. The highest BCUT2D eigenvalue weighted by atomic mass is 16.6. The molecular formula is C13H21NO5. The van der Waals surface area contributed by atoms with Gasteiger partial charge < -0.3 is 19.1 Å². The van der Waals surface area contributed by atoms with E-state index in [1.54, 1.807) is 4.90 Å². The van der Waals surface area contributed by atoms with Crippen LogP contribution in [0, 0.1) is 0 Å². The van der Waals surface area contributed by atoms with Gasteiger partial charge in [-0.2, -0.15) is 0 Å². The standard InChI is InChI=1S/C13H21NO5/c1-17-12(15)8-10-4-2-3-5-14(10)13(16)11-9-18-6-7-19-11/h10-11H,2-9H2,1H3. The van der Waals surface area contributed by atoms with Gasteiger partial charge in [-0.1, -0.05) is 0 Å². The summed E-state index contributed by atoms with van der Waals surface area (Å²) >= 11 is 0. The fourth-order valence-electron chi connectivity index (χ4n) is 2.59. The van der Waals surface area contributed by atoms with Crippen LogP contribution in [0.5, 0.6) is 0 Å². The van der Waals surface area contributed by atoms with Gasteiger partial charge in [0.2, 0.25) is 0 Å². The molecule has 0 bridgehead atoms. The Morgan fingerprint density at radius 3 is 2.84 bits per heavy atom. The third-order valence-corrected chi connectivity index (χ3v) is 3.63. The van der Waals surface area contributed by atoms with E-state index in [0.717, 1.165) is 19.3 Å². The van der Waals surface area contributed by atoms with Gasteiger partial charge >= 0.3 is 5.97 Å². The Balaban J connectivity index is 1.97. The van der Waals surface area contributed by atoms with Crippen molar-refractivity contribution in [2.24, 2.45) is 0 Å². The van der Waals surface area contributed by atoms with Crippen molar-refractivity contribution in [3.05, 3.63) is 0 Å². The van der Waals surface area contributed by atoms with Crippen LogP contribution in [0.2, 0.25) is 0 Å². The van der Waals surface area contributed by atoms with Crippen molar-refractivity contribution < 1.29 is 23.8 Å². The molecule has 2 aliphatic heterocycles. The van der Waals surface area contributed by atoms with Crippen LogP contribution >= 0.6 is 0 Å². The second kappa shape index (κ2) is 6.86. The van der Waals surface area contributed by atoms with E-state index >= 15 is 0 Å². The summed E-state index contributed by atoms with van der Waals surface area (Å²) in [4.78, 5) is 25.6. The van der Waals surface area contributed by atoms with Gasteiger partial charge in [-0.25, -0.2) is 0 Å². The van der Waals surface area contributed by atoms with Crippen LogP contribution in [0.25, 0.3) is 0 Å². The van der Waals surface area contributed by atoms with Crippen molar-refractivity contribution >= 4 is 11.9 Å². The Bertz CT molecular complexity index is 327. The number of carbonyl (C=O) groups excluding carboxylic acids is 2. The van der Waals surface area contributed by atoms with Crippen LogP contribution < -0.4 is 0 Å².